The van der Waals surface area contributed by atoms with Gasteiger partial charge in [0.25, 0.3) is 5.91 Å². The number of hydrogen-bond acceptors (Lipinski definition) is 7. The molecule has 1 amide bonds. The molecule has 0 saturated carbocycles. The van der Waals surface area contributed by atoms with Gasteiger partial charge >= 0.3 is 0 Å². The van der Waals surface area contributed by atoms with Crippen LogP contribution >= 0.6 is 0 Å². The Kier molecular flexibility index (Phi) is 6.09. The van der Waals surface area contributed by atoms with Crippen molar-refractivity contribution in [1.29, 1.82) is 0 Å². The van der Waals surface area contributed by atoms with Gasteiger partial charge in [0.2, 0.25) is 0 Å². The largest absolute Gasteiger partial charge is 0.497 e. The van der Waals surface area contributed by atoms with Crippen LogP contribution in [0.4, 0.5) is 5.82 Å². The summed E-state index contributed by atoms with van der Waals surface area (Å²) in [6.45, 7) is 2.86. The van der Waals surface area contributed by atoms with Gasteiger partial charge in [-0.15, -0.1) is 0 Å². The fraction of sp³-hybridized carbons (Fsp3) is 0.304. The lowest BCUT2D eigenvalue weighted by molar-refractivity contribution is -0.124. The highest BCUT2D eigenvalue weighted by atomic mass is 16.5. The molecule has 9 heteroatoms. The lowest BCUT2D eigenvalue weighted by atomic mass is 10.2. The van der Waals surface area contributed by atoms with Crippen molar-refractivity contribution < 1.29 is 14.3 Å². The molecular formula is C23H22N6O3. The van der Waals surface area contributed by atoms with Crippen LogP contribution in [0, 0.1) is 23.7 Å². The Bertz CT molecular complexity index is 1260. The first kappa shape index (κ1) is 21.0. The zero-order valence-electron chi connectivity index (χ0n) is 18.0. The molecule has 1 aromatic carbocycles. The van der Waals surface area contributed by atoms with Gasteiger partial charge in [0.1, 0.15) is 29.3 Å². The van der Waals surface area contributed by atoms with Crippen LogP contribution in [0.3, 0.4) is 0 Å². The lowest BCUT2D eigenvalue weighted by Gasteiger charge is -2.15. The second-order valence-electron chi connectivity index (χ2n) is 7.13. The van der Waals surface area contributed by atoms with Gasteiger partial charge in [0, 0.05) is 30.8 Å². The number of amides is 1. The predicted octanol–water partition coefficient (Wildman–Crippen LogP) is 1.81. The Hall–Kier alpha value is -4.24. The molecule has 3 aromatic rings. The standard InChI is InChI=1S/C23H22N6O3/c1-4-5-20(30)29-9-8-16(13-29)26-22-21-19(27-28-23(21)25-14-24-22)7-6-15-10-17(31-2)12-18(11-15)32-3/h10-12,14,16H,8-9,13H2,1-3H3,(H2,24,25,26,27,28)/t16-/m0/s1. The van der Waals surface area contributed by atoms with Gasteiger partial charge in [-0.1, -0.05) is 11.8 Å². The van der Waals surface area contributed by atoms with Gasteiger partial charge in [0.15, 0.2) is 5.65 Å². The normalized spacial score (nSPS) is 14.8. The van der Waals surface area contributed by atoms with Crippen LogP contribution in [0.25, 0.3) is 11.0 Å². The van der Waals surface area contributed by atoms with Crippen LogP contribution in [-0.2, 0) is 4.79 Å². The molecule has 0 unspecified atom stereocenters. The van der Waals surface area contributed by atoms with Crippen LogP contribution in [0.15, 0.2) is 24.5 Å². The van der Waals surface area contributed by atoms with E-state index in [-0.39, 0.29) is 11.9 Å². The zero-order chi connectivity index (χ0) is 22.5. The number of carbonyl (C=O) groups excluding carboxylic acids is 1. The molecule has 0 radical (unpaired) electrons. The van der Waals surface area contributed by atoms with Gasteiger partial charge in [-0.3, -0.25) is 9.89 Å². The van der Waals surface area contributed by atoms with E-state index in [9.17, 15) is 4.79 Å². The monoisotopic (exact) mass is 430 g/mol. The van der Waals surface area contributed by atoms with E-state index in [0.29, 0.717) is 47.1 Å². The van der Waals surface area contributed by atoms with E-state index < -0.39 is 0 Å². The summed E-state index contributed by atoms with van der Waals surface area (Å²) in [7, 11) is 3.18. The van der Waals surface area contributed by atoms with Crippen molar-refractivity contribution in [2.24, 2.45) is 0 Å². The highest BCUT2D eigenvalue weighted by molar-refractivity contribution is 5.94. The summed E-state index contributed by atoms with van der Waals surface area (Å²) in [5.41, 5.74) is 1.83. The lowest BCUT2D eigenvalue weighted by Crippen LogP contribution is -2.30. The molecule has 2 N–H and O–H groups in total. The van der Waals surface area contributed by atoms with E-state index >= 15 is 0 Å². The zero-order valence-corrected chi connectivity index (χ0v) is 18.0. The molecule has 1 atom stereocenters. The van der Waals surface area contributed by atoms with Gasteiger partial charge in [-0.2, -0.15) is 5.10 Å². The average molecular weight is 430 g/mol. The number of rotatable bonds is 4. The smallest absolute Gasteiger partial charge is 0.298 e. The molecule has 32 heavy (non-hydrogen) atoms. The molecule has 1 saturated heterocycles. The molecule has 1 fully saturated rings. The minimum absolute atomic E-state index is 0.0501. The number of benzene rings is 1. The van der Waals surface area contributed by atoms with Crippen LogP contribution in [0.1, 0.15) is 24.6 Å². The maximum absolute atomic E-state index is 12.0. The van der Waals surface area contributed by atoms with Crippen LogP contribution < -0.4 is 14.8 Å². The Morgan fingerprint density at radius 3 is 2.69 bits per heavy atom. The minimum atomic E-state index is -0.159. The first-order chi connectivity index (χ1) is 15.6. The van der Waals surface area contributed by atoms with Crippen LogP contribution in [0.2, 0.25) is 0 Å². The van der Waals surface area contributed by atoms with E-state index in [1.54, 1.807) is 32.1 Å². The first-order valence-corrected chi connectivity index (χ1v) is 10.0. The number of likely N-dealkylation sites (tertiary alicyclic amines) is 1. The maximum Gasteiger partial charge on any atom is 0.298 e. The van der Waals surface area contributed by atoms with Gasteiger partial charge < -0.3 is 19.7 Å². The summed E-state index contributed by atoms with van der Waals surface area (Å²) in [6, 6.07) is 5.48. The Morgan fingerprint density at radius 1 is 1.19 bits per heavy atom. The number of aromatic nitrogens is 4. The number of aromatic amines is 1. The average Bonchev–Trinajstić information content (AvgIpc) is 3.45. The summed E-state index contributed by atoms with van der Waals surface area (Å²) in [5, 5.41) is 11.3. The van der Waals surface area contributed by atoms with Crippen molar-refractivity contribution in [3.8, 4) is 35.2 Å². The fourth-order valence-corrected chi connectivity index (χ4v) is 3.51. The molecule has 2 aromatic heterocycles. The fourth-order valence-electron chi connectivity index (χ4n) is 3.51. The second-order valence-corrected chi connectivity index (χ2v) is 7.13. The third-order valence-corrected chi connectivity index (χ3v) is 5.08. The number of H-pyrrole nitrogens is 1. The number of ether oxygens (including phenoxy) is 2. The number of nitrogens with zero attached hydrogens (tertiary/aromatic N) is 4. The molecular weight excluding hydrogens is 408 g/mol. The molecule has 0 spiro atoms. The molecule has 3 heterocycles. The highest BCUT2D eigenvalue weighted by Gasteiger charge is 2.26. The highest BCUT2D eigenvalue weighted by Crippen LogP contribution is 2.25. The maximum atomic E-state index is 12.0. The molecule has 0 aliphatic carbocycles. The number of hydrogen-bond donors (Lipinski definition) is 2. The third kappa shape index (κ3) is 4.42. The van der Waals surface area contributed by atoms with Crippen molar-refractivity contribution in [3.63, 3.8) is 0 Å². The van der Waals surface area contributed by atoms with Crippen molar-refractivity contribution in [1.82, 2.24) is 25.1 Å². The summed E-state index contributed by atoms with van der Waals surface area (Å²) < 4.78 is 10.6. The quantitative estimate of drug-likeness (QED) is 0.608. The van der Waals surface area contributed by atoms with E-state index in [0.717, 1.165) is 12.0 Å². The Morgan fingerprint density at radius 2 is 1.97 bits per heavy atom. The van der Waals surface area contributed by atoms with E-state index in [2.05, 4.69) is 49.2 Å². The van der Waals surface area contributed by atoms with Crippen molar-refractivity contribution in [2.45, 2.75) is 19.4 Å². The Balaban J connectivity index is 1.60. The number of anilines is 1. The molecule has 0 bridgehead atoms. The van der Waals surface area contributed by atoms with Crippen LogP contribution in [0.5, 0.6) is 11.5 Å². The number of nitrogens with one attached hydrogen (secondary N) is 2. The topological polar surface area (TPSA) is 105 Å². The molecule has 9 nitrogen and oxygen atoms in total. The first-order valence-electron chi connectivity index (χ1n) is 10.0. The number of methoxy groups -OCH3 is 2. The van der Waals surface area contributed by atoms with E-state index in [1.807, 2.05) is 12.1 Å². The van der Waals surface area contributed by atoms with Crippen LogP contribution in [-0.4, -0.2) is 64.3 Å². The number of fused-ring (bicyclic) bond motifs is 1. The Labute approximate surface area is 185 Å². The summed E-state index contributed by atoms with van der Waals surface area (Å²) >= 11 is 0. The van der Waals surface area contributed by atoms with Gasteiger partial charge in [0.05, 0.1) is 19.6 Å². The minimum Gasteiger partial charge on any atom is -0.497 e. The summed E-state index contributed by atoms with van der Waals surface area (Å²) in [4.78, 5) is 22.4. The van der Waals surface area contributed by atoms with E-state index in [1.165, 1.54) is 6.33 Å². The number of carbonyl (C=O) groups is 1. The second kappa shape index (κ2) is 9.27. The van der Waals surface area contributed by atoms with Crippen molar-refractivity contribution >= 4 is 22.8 Å². The molecule has 4 rings (SSSR count). The van der Waals surface area contributed by atoms with E-state index in [4.69, 9.17) is 9.47 Å². The SMILES string of the molecule is CC#CC(=O)N1CC[C@H](Nc2ncnc3[nH]nc(C#Cc4cc(OC)cc(OC)c4)c23)C1. The third-order valence-electron chi connectivity index (χ3n) is 5.08. The molecule has 1 aliphatic rings. The summed E-state index contributed by atoms with van der Waals surface area (Å²) in [5.74, 6) is 13.2. The molecule has 1 aliphatic heterocycles. The van der Waals surface area contributed by atoms with Gasteiger partial charge in [-0.05, 0) is 37.3 Å². The molecule has 162 valence electrons. The summed E-state index contributed by atoms with van der Waals surface area (Å²) in [6.07, 6.45) is 2.26. The predicted molar refractivity (Wildman–Crippen MR) is 119 cm³/mol. The van der Waals surface area contributed by atoms with Gasteiger partial charge in [-0.25, -0.2) is 9.97 Å². The van der Waals surface area contributed by atoms with Crippen molar-refractivity contribution in [3.05, 3.63) is 35.8 Å². The van der Waals surface area contributed by atoms with Crippen molar-refractivity contribution in [2.75, 3.05) is 32.6 Å².